The summed E-state index contributed by atoms with van der Waals surface area (Å²) in [5.41, 5.74) is 4.84. The monoisotopic (exact) mass is 376 g/mol. The van der Waals surface area contributed by atoms with Crippen LogP contribution in [-0.4, -0.2) is 66.5 Å². The molecule has 1 fully saturated rings. The highest BCUT2D eigenvalue weighted by molar-refractivity contribution is 5.93. The predicted molar refractivity (Wildman–Crippen MR) is 111 cm³/mol. The summed E-state index contributed by atoms with van der Waals surface area (Å²) in [5.74, 6) is 1.06. The van der Waals surface area contributed by atoms with Crippen LogP contribution in [0.4, 0.5) is 5.82 Å². The lowest BCUT2D eigenvalue weighted by Gasteiger charge is -2.27. The summed E-state index contributed by atoms with van der Waals surface area (Å²) in [4.78, 5) is 24.5. The summed E-state index contributed by atoms with van der Waals surface area (Å²) in [6.45, 7) is 4.63. The van der Waals surface area contributed by atoms with Crippen molar-refractivity contribution in [1.29, 1.82) is 0 Å². The van der Waals surface area contributed by atoms with Crippen LogP contribution >= 0.6 is 0 Å². The van der Waals surface area contributed by atoms with Gasteiger partial charge in [-0.3, -0.25) is 9.69 Å². The first-order valence-corrected chi connectivity index (χ1v) is 10.5. The van der Waals surface area contributed by atoms with E-state index in [1.165, 1.54) is 16.7 Å². The van der Waals surface area contributed by atoms with Gasteiger partial charge in [0.2, 0.25) is 0 Å². The summed E-state index contributed by atoms with van der Waals surface area (Å²) >= 11 is 0. The van der Waals surface area contributed by atoms with E-state index in [-0.39, 0.29) is 5.91 Å². The molecule has 28 heavy (non-hydrogen) atoms. The second-order valence-corrected chi connectivity index (χ2v) is 8.36. The van der Waals surface area contributed by atoms with Gasteiger partial charge >= 0.3 is 0 Å². The van der Waals surface area contributed by atoms with E-state index in [0.29, 0.717) is 11.7 Å². The number of aromatic nitrogens is 1. The molecule has 2 aliphatic heterocycles. The third-order valence-corrected chi connectivity index (χ3v) is 6.62. The highest BCUT2D eigenvalue weighted by Crippen LogP contribution is 2.27. The van der Waals surface area contributed by atoms with E-state index in [4.69, 9.17) is 0 Å². The van der Waals surface area contributed by atoms with Crippen molar-refractivity contribution in [2.45, 2.75) is 31.7 Å². The number of carbonyl (C=O) groups is 1. The van der Waals surface area contributed by atoms with E-state index < -0.39 is 0 Å². The van der Waals surface area contributed by atoms with Crippen LogP contribution in [0.15, 0.2) is 36.4 Å². The Morgan fingerprint density at radius 2 is 1.71 bits per heavy atom. The molecule has 3 heterocycles. The van der Waals surface area contributed by atoms with Gasteiger partial charge < -0.3 is 9.80 Å². The first-order chi connectivity index (χ1) is 13.7. The highest BCUT2D eigenvalue weighted by atomic mass is 16.2. The molecule has 1 aromatic carbocycles. The van der Waals surface area contributed by atoms with Crippen molar-refractivity contribution < 1.29 is 4.79 Å². The Morgan fingerprint density at radius 1 is 0.929 bits per heavy atom. The molecule has 0 unspecified atom stereocenters. The second kappa shape index (κ2) is 7.21. The van der Waals surface area contributed by atoms with Gasteiger partial charge in [-0.1, -0.05) is 30.3 Å². The van der Waals surface area contributed by atoms with Crippen molar-refractivity contribution in [3.8, 4) is 0 Å². The molecule has 0 radical (unpaired) electrons. The second-order valence-electron chi connectivity index (χ2n) is 8.36. The highest BCUT2D eigenvalue weighted by Gasteiger charge is 2.29. The lowest BCUT2D eigenvalue weighted by molar-refractivity contribution is 0.0752. The molecule has 0 bridgehead atoms. The molecular formula is C23H28N4O. The quantitative estimate of drug-likeness (QED) is 0.807. The molecule has 0 spiro atoms. The zero-order chi connectivity index (χ0) is 19.1. The van der Waals surface area contributed by atoms with Crippen LogP contribution in [0.1, 0.15) is 33.6 Å². The van der Waals surface area contributed by atoms with Crippen molar-refractivity contribution in [2.24, 2.45) is 0 Å². The van der Waals surface area contributed by atoms with Crippen molar-refractivity contribution in [2.75, 3.05) is 44.7 Å². The largest absolute Gasteiger partial charge is 0.359 e. The van der Waals surface area contributed by atoms with Gasteiger partial charge in [-0.2, -0.15) is 0 Å². The van der Waals surface area contributed by atoms with E-state index in [1.807, 2.05) is 11.0 Å². The molecule has 1 aliphatic carbocycles. The fourth-order valence-corrected chi connectivity index (χ4v) is 4.98. The van der Waals surface area contributed by atoms with Crippen LogP contribution < -0.4 is 4.90 Å². The number of amides is 1. The predicted octanol–water partition coefficient (Wildman–Crippen LogP) is 2.39. The molecule has 2 aromatic rings. The topological polar surface area (TPSA) is 39.7 Å². The Bertz CT molecular complexity index is 871. The third kappa shape index (κ3) is 3.18. The summed E-state index contributed by atoms with van der Waals surface area (Å²) in [6, 6.07) is 13.4. The number of likely N-dealkylation sites (N-methyl/N-ethyl adjacent to an activating group) is 1. The van der Waals surface area contributed by atoms with Crippen LogP contribution in [0.3, 0.4) is 0 Å². The molecule has 0 saturated carbocycles. The van der Waals surface area contributed by atoms with Crippen molar-refractivity contribution in [3.05, 3.63) is 58.8 Å². The Kier molecular flexibility index (Phi) is 4.55. The van der Waals surface area contributed by atoms with E-state index in [9.17, 15) is 4.79 Å². The Labute approximate surface area is 167 Å². The van der Waals surface area contributed by atoms with Gasteiger partial charge in [-0.25, -0.2) is 4.98 Å². The summed E-state index contributed by atoms with van der Waals surface area (Å²) in [5, 5.41) is 0. The van der Waals surface area contributed by atoms with Crippen molar-refractivity contribution in [1.82, 2.24) is 14.8 Å². The first kappa shape index (κ1) is 17.7. The number of benzene rings is 1. The van der Waals surface area contributed by atoms with Crippen LogP contribution in [0.2, 0.25) is 0 Å². The zero-order valence-electron chi connectivity index (χ0n) is 16.6. The summed E-state index contributed by atoms with van der Waals surface area (Å²) in [6.07, 6.45) is 4.34. The molecular weight excluding hydrogens is 348 g/mol. The molecule has 3 aliphatic rings. The fourth-order valence-electron chi connectivity index (χ4n) is 4.98. The van der Waals surface area contributed by atoms with E-state index in [1.54, 1.807) is 0 Å². The fraction of sp³-hybridized carbons (Fsp3) is 0.478. The maximum atomic E-state index is 13.1. The molecule has 5 rings (SSSR count). The minimum Gasteiger partial charge on any atom is -0.359 e. The number of pyridine rings is 1. The molecule has 146 valence electrons. The third-order valence-electron chi connectivity index (χ3n) is 6.62. The number of anilines is 1. The molecule has 1 aromatic heterocycles. The van der Waals surface area contributed by atoms with Gasteiger partial charge in [-0.15, -0.1) is 0 Å². The Morgan fingerprint density at radius 3 is 2.50 bits per heavy atom. The van der Waals surface area contributed by atoms with Crippen LogP contribution in [-0.2, 0) is 19.3 Å². The first-order valence-electron chi connectivity index (χ1n) is 10.5. The zero-order valence-corrected chi connectivity index (χ0v) is 16.6. The van der Waals surface area contributed by atoms with Crippen molar-refractivity contribution in [3.63, 3.8) is 0 Å². The average molecular weight is 377 g/mol. The maximum Gasteiger partial charge on any atom is 0.272 e. The van der Waals surface area contributed by atoms with Crippen LogP contribution in [0.5, 0.6) is 0 Å². The van der Waals surface area contributed by atoms with Gasteiger partial charge in [0.05, 0.1) is 0 Å². The average Bonchev–Trinajstić information content (AvgIpc) is 3.22. The number of fused-ring (bicyclic) bond motifs is 2. The summed E-state index contributed by atoms with van der Waals surface area (Å²) < 4.78 is 0. The molecule has 1 amide bonds. The molecule has 5 nitrogen and oxygen atoms in total. The van der Waals surface area contributed by atoms with E-state index in [2.05, 4.69) is 52.2 Å². The van der Waals surface area contributed by atoms with E-state index in [0.717, 1.165) is 64.2 Å². The standard InChI is InChI=1S/C23H28N4O/c1-25-12-9-17-7-8-21(24-22(17)25)23(28)27-11-4-10-26(13-14-27)20-15-18-5-2-3-6-19(18)16-20/h2-3,5-8,20H,4,9-16H2,1H3. The van der Waals surface area contributed by atoms with Gasteiger partial charge in [0, 0.05) is 45.8 Å². The Hall–Kier alpha value is -2.40. The smallest absolute Gasteiger partial charge is 0.272 e. The van der Waals surface area contributed by atoms with Crippen molar-refractivity contribution >= 4 is 11.7 Å². The number of carbonyl (C=O) groups excluding carboxylic acids is 1. The van der Waals surface area contributed by atoms with Gasteiger partial charge in [0.25, 0.3) is 5.91 Å². The lowest BCUT2D eigenvalue weighted by atomic mass is 10.1. The summed E-state index contributed by atoms with van der Waals surface area (Å²) in [7, 11) is 2.05. The Balaban J connectivity index is 1.25. The molecule has 5 heteroatoms. The number of hydrogen-bond donors (Lipinski definition) is 0. The van der Waals surface area contributed by atoms with Gasteiger partial charge in [-0.05, 0) is 48.4 Å². The number of hydrogen-bond acceptors (Lipinski definition) is 4. The molecule has 0 atom stereocenters. The molecule has 0 N–H and O–H groups in total. The maximum absolute atomic E-state index is 13.1. The van der Waals surface area contributed by atoms with E-state index >= 15 is 0 Å². The molecule has 1 saturated heterocycles. The normalized spacial score (nSPS) is 20.2. The minimum absolute atomic E-state index is 0.0830. The lowest BCUT2D eigenvalue weighted by Crippen LogP contribution is -2.40. The number of rotatable bonds is 2. The van der Waals surface area contributed by atoms with Crippen LogP contribution in [0, 0.1) is 0 Å². The minimum atomic E-state index is 0.0830. The SMILES string of the molecule is CN1CCc2ccc(C(=O)N3CCCN(C4Cc5ccccc5C4)CC3)nc21. The number of nitrogens with zero attached hydrogens (tertiary/aromatic N) is 4. The van der Waals surface area contributed by atoms with Crippen LogP contribution in [0.25, 0.3) is 0 Å². The van der Waals surface area contributed by atoms with Gasteiger partial charge in [0.1, 0.15) is 11.5 Å². The van der Waals surface area contributed by atoms with Gasteiger partial charge in [0.15, 0.2) is 0 Å².